The first kappa shape index (κ1) is 17.5. The van der Waals surface area contributed by atoms with E-state index in [1.165, 1.54) is 0 Å². The molecule has 0 amide bonds. The Labute approximate surface area is 154 Å². The molecule has 0 aliphatic heterocycles. The molecular weight excluding hydrogens is 324 g/mol. The number of ether oxygens (including phenoxy) is 2. The highest BCUT2D eigenvalue weighted by atomic mass is 16.5. The minimum atomic E-state index is 0.682. The molecule has 0 bridgehead atoms. The Bertz CT molecular complexity index is 954. The van der Waals surface area contributed by atoms with Crippen molar-refractivity contribution in [3.8, 4) is 17.2 Å². The van der Waals surface area contributed by atoms with Gasteiger partial charge in [-0.1, -0.05) is 36.9 Å². The Morgan fingerprint density at radius 2 is 1.88 bits per heavy atom. The van der Waals surface area contributed by atoms with Gasteiger partial charge in [-0.25, -0.2) is 4.98 Å². The molecule has 0 radical (unpaired) electrons. The predicted octanol–water partition coefficient (Wildman–Crippen LogP) is 5.10. The number of methoxy groups -OCH3 is 1. The normalized spacial score (nSPS) is 11.3. The van der Waals surface area contributed by atoms with Crippen LogP contribution in [-0.2, 0) is 0 Å². The van der Waals surface area contributed by atoms with E-state index >= 15 is 0 Å². The van der Waals surface area contributed by atoms with Gasteiger partial charge in [-0.05, 0) is 25.5 Å². The van der Waals surface area contributed by atoms with Crippen LogP contribution in [0.1, 0.15) is 16.8 Å². The SMILES string of the molecule is C=C/C=C(/Oc1cc(OC)cc(-n2cnc(C)c2)c1)c1ccccc1C. The zero-order valence-electron chi connectivity index (χ0n) is 15.3. The van der Waals surface area contributed by atoms with E-state index < -0.39 is 0 Å². The van der Waals surface area contributed by atoms with E-state index in [0.717, 1.165) is 28.3 Å². The first-order chi connectivity index (χ1) is 12.6. The smallest absolute Gasteiger partial charge is 0.134 e. The van der Waals surface area contributed by atoms with Crippen LogP contribution in [0.3, 0.4) is 0 Å². The van der Waals surface area contributed by atoms with Gasteiger partial charge in [0.2, 0.25) is 0 Å². The van der Waals surface area contributed by atoms with E-state index in [1.54, 1.807) is 19.5 Å². The third-order valence-corrected chi connectivity index (χ3v) is 4.02. The summed E-state index contributed by atoms with van der Waals surface area (Å²) in [5.41, 5.74) is 4.02. The van der Waals surface area contributed by atoms with Crippen LogP contribution in [0.15, 0.2) is 73.7 Å². The second-order valence-corrected chi connectivity index (χ2v) is 5.97. The fourth-order valence-corrected chi connectivity index (χ4v) is 2.71. The summed E-state index contributed by atoms with van der Waals surface area (Å²) in [6, 6.07) is 13.9. The van der Waals surface area contributed by atoms with Crippen LogP contribution in [0.4, 0.5) is 0 Å². The van der Waals surface area contributed by atoms with Crippen LogP contribution in [-0.4, -0.2) is 16.7 Å². The van der Waals surface area contributed by atoms with Crippen LogP contribution < -0.4 is 9.47 Å². The number of aryl methyl sites for hydroxylation is 2. The van der Waals surface area contributed by atoms with Crippen LogP contribution in [0, 0.1) is 13.8 Å². The predicted molar refractivity (Wildman–Crippen MR) is 105 cm³/mol. The Balaban J connectivity index is 2.01. The van der Waals surface area contributed by atoms with Gasteiger partial charge in [0.15, 0.2) is 0 Å². The summed E-state index contributed by atoms with van der Waals surface area (Å²) < 4.78 is 13.6. The van der Waals surface area contributed by atoms with Crippen molar-refractivity contribution in [1.82, 2.24) is 9.55 Å². The average molecular weight is 346 g/mol. The zero-order chi connectivity index (χ0) is 18.5. The summed E-state index contributed by atoms with van der Waals surface area (Å²) in [7, 11) is 1.64. The van der Waals surface area contributed by atoms with Crippen molar-refractivity contribution >= 4 is 5.76 Å². The lowest BCUT2D eigenvalue weighted by Gasteiger charge is -2.15. The number of benzene rings is 2. The molecule has 0 unspecified atom stereocenters. The number of imidazole rings is 1. The topological polar surface area (TPSA) is 36.3 Å². The maximum absolute atomic E-state index is 6.21. The minimum absolute atomic E-state index is 0.682. The second kappa shape index (κ2) is 7.74. The molecule has 0 aliphatic rings. The van der Waals surface area contributed by atoms with E-state index in [2.05, 4.69) is 24.6 Å². The highest BCUT2D eigenvalue weighted by Gasteiger charge is 2.10. The van der Waals surface area contributed by atoms with Gasteiger partial charge in [0, 0.05) is 30.0 Å². The zero-order valence-corrected chi connectivity index (χ0v) is 15.3. The van der Waals surface area contributed by atoms with E-state index in [1.807, 2.05) is 60.2 Å². The molecule has 1 heterocycles. The van der Waals surface area contributed by atoms with E-state index in [9.17, 15) is 0 Å². The summed E-state index contributed by atoms with van der Waals surface area (Å²) in [5, 5.41) is 0. The molecule has 4 heteroatoms. The number of aromatic nitrogens is 2. The number of rotatable bonds is 6. The Kier molecular flexibility index (Phi) is 5.23. The fourth-order valence-electron chi connectivity index (χ4n) is 2.71. The van der Waals surface area contributed by atoms with Crippen LogP contribution in [0.5, 0.6) is 11.5 Å². The van der Waals surface area contributed by atoms with Gasteiger partial charge in [-0.15, -0.1) is 0 Å². The first-order valence-electron chi connectivity index (χ1n) is 8.37. The highest BCUT2D eigenvalue weighted by Crippen LogP contribution is 2.29. The lowest BCUT2D eigenvalue weighted by Crippen LogP contribution is -1.99. The highest BCUT2D eigenvalue weighted by molar-refractivity contribution is 5.66. The van der Waals surface area contributed by atoms with Crippen molar-refractivity contribution in [1.29, 1.82) is 0 Å². The number of allylic oxidation sites excluding steroid dienone is 2. The van der Waals surface area contributed by atoms with E-state index in [-0.39, 0.29) is 0 Å². The summed E-state index contributed by atoms with van der Waals surface area (Å²) in [5.74, 6) is 2.13. The molecule has 0 spiro atoms. The molecule has 0 saturated heterocycles. The summed E-state index contributed by atoms with van der Waals surface area (Å²) >= 11 is 0. The molecule has 0 atom stereocenters. The molecule has 4 nitrogen and oxygen atoms in total. The summed E-state index contributed by atoms with van der Waals surface area (Å²) in [6.45, 7) is 7.82. The lowest BCUT2D eigenvalue weighted by molar-refractivity contribution is 0.410. The molecular formula is C22H22N2O2. The summed E-state index contributed by atoms with van der Waals surface area (Å²) in [4.78, 5) is 4.28. The Hall–Kier alpha value is -3.27. The van der Waals surface area contributed by atoms with Crippen molar-refractivity contribution in [2.75, 3.05) is 7.11 Å². The van der Waals surface area contributed by atoms with Crippen LogP contribution >= 0.6 is 0 Å². The molecule has 3 aromatic rings. The van der Waals surface area contributed by atoms with Gasteiger partial charge in [-0.2, -0.15) is 0 Å². The van der Waals surface area contributed by atoms with Gasteiger partial charge in [-0.3, -0.25) is 0 Å². The van der Waals surface area contributed by atoms with Gasteiger partial charge >= 0.3 is 0 Å². The van der Waals surface area contributed by atoms with Crippen LogP contribution in [0.25, 0.3) is 11.4 Å². The molecule has 26 heavy (non-hydrogen) atoms. The summed E-state index contributed by atoms with van der Waals surface area (Å²) in [6.07, 6.45) is 7.32. The molecule has 0 saturated carbocycles. The standard InChI is InChI=1S/C22H22N2O2/c1-5-8-22(21-10-7-6-9-16(21)2)26-20-12-18(11-19(13-20)25-4)24-14-17(3)23-15-24/h5-15H,1H2,2-4H3/b22-8+. The third-order valence-electron chi connectivity index (χ3n) is 4.02. The molecule has 0 fully saturated rings. The van der Waals surface area contributed by atoms with Crippen molar-refractivity contribution in [3.05, 3.63) is 90.5 Å². The third kappa shape index (κ3) is 3.86. The number of hydrogen-bond acceptors (Lipinski definition) is 3. The molecule has 3 rings (SSSR count). The molecule has 0 aliphatic carbocycles. The van der Waals surface area contributed by atoms with Gasteiger partial charge in [0.1, 0.15) is 17.3 Å². The van der Waals surface area contributed by atoms with E-state index in [0.29, 0.717) is 11.5 Å². The first-order valence-corrected chi connectivity index (χ1v) is 8.37. The monoisotopic (exact) mass is 346 g/mol. The lowest BCUT2D eigenvalue weighted by atomic mass is 10.1. The van der Waals surface area contributed by atoms with Crippen molar-refractivity contribution in [2.24, 2.45) is 0 Å². The van der Waals surface area contributed by atoms with Gasteiger partial charge in [0.05, 0.1) is 24.8 Å². The molecule has 1 aromatic heterocycles. The molecule has 0 N–H and O–H groups in total. The maximum atomic E-state index is 6.21. The molecule has 2 aromatic carbocycles. The average Bonchev–Trinajstić information content (AvgIpc) is 3.08. The Morgan fingerprint density at radius 1 is 1.12 bits per heavy atom. The quantitative estimate of drug-likeness (QED) is 0.460. The molecule has 132 valence electrons. The second-order valence-electron chi connectivity index (χ2n) is 5.97. The Morgan fingerprint density at radius 3 is 2.54 bits per heavy atom. The van der Waals surface area contributed by atoms with E-state index in [4.69, 9.17) is 9.47 Å². The largest absolute Gasteiger partial charge is 0.497 e. The fraction of sp³-hybridized carbons (Fsp3) is 0.136. The van der Waals surface area contributed by atoms with Gasteiger partial charge < -0.3 is 14.0 Å². The van der Waals surface area contributed by atoms with Gasteiger partial charge in [0.25, 0.3) is 0 Å². The minimum Gasteiger partial charge on any atom is -0.497 e. The number of hydrogen-bond donors (Lipinski definition) is 0. The maximum Gasteiger partial charge on any atom is 0.134 e. The van der Waals surface area contributed by atoms with Crippen molar-refractivity contribution in [3.63, 3.8) is 0 Å². The number of nitrogens with zero attached hydrogens (tertiary/aromatic N) is 2. The van der Waals surface area contributed by atoms with Crippen molar-refractivity contribution in [2.45, 2.75) is 13.8 Å². The van der Waals surface area contributed by atoms with Crippen LogP contribution in [0.2, 0.25) is 0 Å². The van der Waals surface area contributed by atoms with Crippen molar-refractivity contribution < 1.29 is 9.47 Å².